The Balaban J connectivity index is 1.25. The van der Waals surface area contributed by atoms with E-state index in [-0.39, 0.29) is 0 Å². The molecule has 6 aromatic carbocycles. The van der Waals surface area contributed by atoms with Crippen molar-refractivity contribution in [1.29, 1.82) is 10.5 Å². The van der Waals surface area contributed by atoms with Gasteiger partial charge in [-0.15, -0.1) is 0 Å². The molecule has 3 heteroatoms. The first-order valence-electron chi connectivity index (χ1n) is 14.5. The zero-order valence-electron chi connectivity index (χ0n) is 23.5. The van der Waals surface area contributed by atoms with Crippen LogP contribution in [0.3, 0.4) is 0 Å². The van der Waals surface area contributed by atoms with Crippen LogP contribution in [0.1, 0.15) is 39.8 Å². The second-order valence-electron chi connectivity index (χ2n) is 10.7. The normalized spacial score (nSPS) is 12.2. The van der Waals surface area contributed by atoms with Gasteiger partial charge in [-0.3, -0.25) is 0 Å². The van der Waals surface area contributed by atoms with Crippen molar-refractivity contribution in [2.75, 3.05) is 4.90 Å². The van der Waals surface area contributed by atoms with Crippen molar-refractivity contribution < 1.29 is 0 Å². The molecule has 3 nitrogen and oxygen atoms in total. The Morgan fingerprint density at radius 1 is 0.581 bits per heavy atom. The van der Waals surface area contributed by atoms with Gasteiger partial charge in [0.05, 0.1) is 16.8 Å². The van der Waals surface area contributed by atoms with Crippen LogP contribution in [-0.2, 0) is 6.42 Å². The molecule has 0 aliphatic heterocycles. The number of nitrogens with zero attached hydrogens (tertiary/aromatic N) is 3. The molecular weight excluding hydrogens is 522 g/mol. The fraction of sp³-hybridized carbons (Fsp3) is 0.0500. The molecule has 0 atom stereocenters. The monoisotopic (exact) mass is 549 g/mol. The number of anilines is 3. The second-order valence-corrected chi connectivity index (χ2v) is 10.7. The van der Waals surface area contributed by atoms with Crippen molar-refractivity contribution >= 4 is 56.8 Å². The van der Waals surface area contributed by atoms with Gasteiger partial charge in [0, 0.05) is 38.5 Å². The third kappa shape index (κ3) is 4.74. The summed E-state index contributed by atoms with van der Waals surface area (Å²) in [5.41, 5.74) is 9.30. The Kier molecular flexibility index (Phi) is 6.76. The highest BCUT2D eigenvalue weighted by atomic mass is 15.1. The molecule has 1 aliphatic rings. The minimum Gasteiger partial charge on any atom is -0.310 e. The van der Waals surface area contributed by atoms with E-state index in [9.17, 15) is 10.5 Å². The molecule has 6 aromatic rings. The van der Waals surface area contributed by atoms with Gasteiger partial charge in [-0.1, -0.05) is 103 Å². The number of fused-ring (bicyclic) bond motifs is 3. The fourth-order valence-corrected chi connectivity index (χ4v) is 6.12. The predicted octanol–water partition coefficient (Wildman–Crippen LogP) is 10.3. The Labute approximate surface area is 251 Å². The molecular formula is C40H27N3. The zero-order valence-corrected chi connectivity index (χ0v) is 23.5. The molecule has 1 aliphatic carbocycles. The summed E-state index contributed by atoms with van der Waals surface area (Å²) in [4.78, 5) is 2.33. The molecule has 0 N–H and O–H groups in total. The highest BCUT2D eigenvalue weighted by Crippen LogP contribution is 2.40. The maximum absolute atomic E-state index is 10.0. The number of benzene rings is 6. The summed E-state index contributed by atoms with van der Waals surface area (Å²) in [6, 6.07) is 44.0. The quantitative estimate of drug-likeness (QED) is 0.159. The molecule has 7 rings (SSSR count). The number of aryl methyl sites for hydroxylation is 1. The van der Waals surface area contributed by atoms with Crippen LogP contribution in [0.4, 0.5) is 17.1 Å². The third-order valence-corrected chi connectivity index (χ3v) is 8.18. The number of rotatable bonds is 5. The van der Waals surface area contributed by atoms with Gasteiger partial charge < -0.3 is 4.90 Å². The van der Waals surface area contributed by atoms with Crippen molar-refractivity contribution in [3.8, 4) is 12.1 Å². The number of hydrogen-bond donors (Lipinski definition) is 0. The maximum Gasteiger partial charge on any atom is 0.100 e. The first kappa shape index (κ1) is 26.0. The predicted molar refractivity (Wildman–Crippen MR) is 178 cm³/mol. The van der Waals surface area contributed by atoms with E-state index >= 15 is 0 Å². The van der Waals surface area contributed by atoms with Gasteiger partial charge >= 0.3 is 0 Å². The lowest BCUT2D eigenvalue weighted by Crippen LogP contribution is -2.12. The van der Waals surface area contributed by atoms with Gasteiger partial charge in [0.25, 0.3) is 0 Å². The fourth-order valence-electron chi connectivity index (χ4n) is 6.12. The van der Waals surface area contributed by atoms with E-state index in [4.69, 9.17) is 0 Å². The highest BCUT2D eigenvalue weighted by Gasteiger charge is 2.18. The molecule has 0 amide bonds. The molecule has 0 bridgehead atoms. The van der Waals surface area contributed by atoms with E-state index < -0.39 is 0 Å². The summed E-state index contributed by atoms with van der Waals surface area (Å²) in [6.45, 7) is 0. The highest BCUT2D eigenvalue weighted by molar-refractivity contribution is 6.09. The van der Waals surface area contributed by atoms with E-state index in [1.807, 2.05) is 48.5 Å². The van der Waals surface area contributed by atoms with Gasteiger partial charge in [0.2, 0.25) is 0 Å². The van der Waals surface area contributed by atoms with Crippen molar-refractivity contribution in [2.24, 2.45) is 0 Å². The van der Waals surface area contributed by atoms with E-state index in [0.717, 1.165) is 56.9 Å². The summed E-state index contributed by atoms with van der Waals surface area (Å²) in [5.74, 6) is 0. The molecule has 0 heterocycles. The van der Waals surface area contributed by atoms with Crippen LogP contribution in [0.15, 0.2) is 121 Å². The Hall–Kier alpha value is -5.90. The number of hydrogen-bond acceptors (Lipinski definition) is 3. The molecule has 0 spiro atoms. The first-order valence-corrected chi connectivity index (χ1v) is 14.5. The second kappa shape index (κ2) is 11.2. The molecule has 43 heavy (non-hydrogen) atoms. The SMILES string of the molecule is N#Cc1c2ccccc2c(C#N)c2cc(C=Cc3ccc(N(c4ccccc4)c4cccc5c4C=CCC5)cc3)ccc12. The smallest absolute Gasteiger partial charge is 0.100 e. The van der Waals surface area contributed by atoms with Crippen LogP contribution in [0.25, 0.3) is 39.8 Å². The topological polar surface area (TPSA) is 50.8 Å². The molecule has 0 unspecified atom stereocenters. The minimum atomic E-state index is 0.600. The summed E-state index contributed by atoms with van der Waals surface area (Å²) in [5, 5.41) is 23.2. The standard InChI is InChI=1S/C40H27N3/c41-26-38-34-14-6-7-15-35(34)39(27-42)37-25-29(21-24-36(37)38)18-17-28-19-22-32(23-20-28)43(31-11-2-1-3-12-31)40-16-8-10-30-9-4-5-13-33(30)40/h1-3,5-8,10-25H,4,9H2. The first-order chi connectivity index (χ1) is 21.2. The summed E-state index contributed by atoms with van der Waals surface area (Å²) in [6.07, 6.45) is 10.8. The van der Waals surface area contributed by atoms with Crippen molar-refractivity contribution in [2.45, 2.75) is 12.8 Å². The third-order valence-electron chi connectivity index (χ3n) is 8.18. The number of allylic oxidation sites excluding steroid dienone is 1. The van der Waals surface area contributed by atoms with Gasteiger partial charge in [0.15, 0.2) is 0 Å². The van der Waals surface area contributed by atoms with Crippen LogP contribution >= 0.6 is 0 Å². The average Bonchev–Trinajstić information content (AvgIpc) is 3.07. The van der Waals surface area contributed by atoms with E-state index in [1.165, 1.54) is 16.8 Å². The van der Waals surface area contributed by atoms with Crippen molar-refractivity contribution in [1.82, 2.24) is 0 Å². The van der Waals surface area contributed by atoms with Gasteiger partial charge in [0.1, 0.15) is 12.1 Å². The van der Waals surface area contributed by atoms with E-state index in [0.29, 0.717) is 11.1 Å². The molecule has 0 fully saturated rings. The summed E-state index contributed by atoms with van der Waals surface area (Å²) in [7, 11) is 0. The summed E-state index contributed by atoms with van der Waals surface area (Å²) >= 11 is 0. The Morgan fingerprint density at radius 2 is 1.21 bits per heavy atom. The van der Waals surface area contributed by atoms with Gasteiger partial charge in [-0.25, -0.2) is 0 Å². The van der Waals surface area contributed by atoms with Crippen LogP contribution in [0.5, 0.6) is 0 Å². The van der Waals surface area contributed by atoms with Gasteiger partial charge in [-0.05, 0) is 65.9 Å². The molecule has 0 saturated heterocycles. The van der Waals surface area contributed by atoms with E-state index in [2.05, 4.69) is 108 Å². The minimum absolute atomic E-state index is 0.600. The molecule has 202 valence electrons. The van der Waals surface area contributed by atoms with Crippen molar-refractivity contribution in [3.63, 3.8) is 0 Å². The van der Waals surface area contributed by atoms with Gasteiger partial charge in [-0.2, -0.15) is 10.5 Å². The van der Waals surface area contributed by atoms with Crippen LogP contribution < -0.4 is 4.90 Å². The lowest BCUT2D eigenvalue weighted by molar-refractivity contribution is 0.984. The lowest BCUT2D eigenvalue weighted by atomic mass is 9.91. The zero-order chi connectivity index (χ0) is 29.2. The van der Waals surface area contributed by atoms with Crippen LogP contribution in [0.2, 0.25) is 0 Å². The Bertz CT molecular complexity index is 2140. The largest absolute Gasteiger partial charge is 0.310 e. The Morgan fingerprint density at radius 3 is 1.95 bits per heavy atom. The summed E-state index contributed by atoms with van der Waals surface area (Å²) < 4.78 is 0. The lowest BCUT2D eigenvalue weighted by Gasteiger charge is -2.29. The van der Waals surface area contributed by atoms with E-state index in [1.54, 1.807) is 0 Å². The maximum atomic E-state index is 10.0. The number of nitriles is 2. The molecule has 0 saturated carbocycles. The molecule has 0 radical (unpaired) electrons. The molecule has 0 aromatic heterocycles. The average molecular weight is 550 g/mol. The van der Waals surface area contributed by atoms with Crippen molar-refractivity contribution in [3.05, 3.63) is 155 Å². The van der Waals surface area contributed by atoms with Crippen LogP contribution in [-0.4, -0.2) is 0 Å². The number of para-hydroxylation sites is 1. The van der Waals surface area contributed by atoms with Crippen LogP contribution in [0, 0.1) is 22.7 Å².